The number of carbonyl (C=O) groups excluding carboxylic acids is 1. The van der Waals surface area contributed by atoms with Crippen LogP contribution < -0.4 is 5.32 Å². The van der Waals surface area contributed by atoms with Crippen LogP contribution in [0.3, 0.4) is 0 Å². The van der Waals surface area contributed by atoms with Crippen LogP contribution in [0.15, 0.2) is 29.3 Å². The molecule has 1 heterocycles. The molecular formula is C17H24N2O6. The first-order chi connectivity index (χ1) is 11.8. The van der Waals surface area contributed by atoms with Crippen molar-refractivity contribution in [1.29, 1.82) is 0 Å². The van der Waals surface area contributed by atoms with Crippen LogP contribution in [0.4, 0.5) is 0 Å². The van der Waals surface area contributed by atoms with E-state index in [2.05, 4.69) is 10.3 Å². The molecule has 0 aliphatic carbocycles. The molecule has 1 aromatic carbocycles. The quantitative estimate of drug-likeness (QED) is 0.728. The molecule has 0 aromatic heterocycles. The number of methoxy groups -OCH3 is 3. The minimum absolute atomic E-state index is 0.0225. The predicted molar refractivity (Wildman–Crippen MR) is 90.0 cm³/mol. The number of benzene rings is 1. The molecule has 1 amide bonds. The number of amides is 1. The molecule has 0 bridgehead atoms. The molecule has 8 heteroatoms. The summed E-state index contributed by atoms with van der Waals surface area (Å²) in [5, 5.41) is 23.0. The van der Waals surface area contributed by atoms with Crippen LogP contribution in [0, 0.1) is 5.92 Å². The summed E-state index contributed by atoms with van der Waals surface area (Å²) in [6, 6.07) is 5.87. The lowest BCUT2D eigenvalue weighted by Gasteiger charge is -2.45. The number of carbonyl (C=O) groups is 1. The van der Waals surface area contributed by atoms with Gasteiger partial charge in [-0.1, -0.05) is 26.0 Å². The molecule has 0 saturated carbocycles. The van der Waals surface area contributed by atoms with Crippen LogP contribution in [0.1, 0.15) is 25.5 Å². The fourth-order valence-electron chi connectivity index (χ4n) is 2.89. The smallest absolute Gasteiger partial charge is 0.278 e. The Bertz CT molecular complexity index is 660. The number of phenols is 1. The fourth-order valence-corrected chi connectivity index (χ4v) is 2.89. The number of aliphatic imine (C=N–C) groups is 1. The van der Waals surface area contributed by atoms with Gasteiger partial charge in [-0.05, 0) is 17.7 Å². The van der Waals surface area contributed by atoms with E-state index in [1.807, 2.05) is 0 Å². The van der Waals surface area contributed by atoms with E-state index in [9.17, 15) is 15.0 Å². The van der Waals surface area contributed by atoms with E-state index < -0.39 is 23.5 Å². The van der Waals surface area contributed by atoms with Gasteiger partial charge in [-0.25, -0.2) is 4.99 Å². The SMILES string of the molecule is COC1=NC(OC)(C(C)C)C(=O)NC1(OC)C(O)c1ccc(O)cc1. The zero-order chi connectivity index (χ0) is 18.8. The van der Waals surface area contributed by atoms with E-state index >= 15 is 0 Å². The van der Waals surface area contributed by atoms with Crippen molar-refractivity contribution in [2.45, 2.75) is 31.4 Å². The summed E-state index contributed by atoms with van der Waals surface area (Å²) < 4.78 is 16.2. The van der Waals surface area contributed by atoms with Crippen LogP contribution in [0.25, 0.3) is 0 Å². The third-order valence-corrected chi connectivity index (χ3v) is 4.41. The van der Waals surface area contributed by atoms with Gasteiger partial charge in [0, 0.05) is 20.1 Å². The first-order valence-corrected chi connectivity index (χ1v) is 7.81. The van der Waals surface area contributed by atoms with Gasteiger partial charge in [0.25, 0.3) is 5.91 Å². The Labute approximate surface area is 146 Å². The number of ether oxygens (including phenoxy) is 3. The molecule has 1 aliphatic heterocycles. The van der Waals surface area contributed by atoms with Gasteiger partial charge < -0.3 is 29.7 Å². The van der Waals surface area contributed by atoms with Gasteiger partial charge in [0.05, 0.1) is 7.11 Å². The number of hydrogen-bond acceptors (Lipinski definition) is 7. The summed E-state index contributed by atoms with van der Waals surface area (Å²) in [4.78, 5) is 17.1. The second-order valence-corrected chi connectivity index (χ2v) is 6.06. The maximum atomic E-state index is 12.8. The fraction of sp³-hybridized carbons (Fsp3) is 0.529. The molecular weight excluding hydrogens is 328 g/mol. The third kappa shape index (κ3) is 2.97. The summed E-state index contributed by atoms with van der Waals surface area (Å²) in [7, 11) is 4.08. The van der Waals surface area contributed by atoms with Crippen molar-refractivity contribution in [3.8, 4) is 5.75 Å². The van der Waals surface area contributed by atoms with Crippen molar-refractivity contribution in [2.75, 3.05) is 21.3 Å². The number of hydrogen-bond donors (Lipinski definition) is 3. The van der Waals surface area contributed by atoms with Crippen molar-refractivity contribution < 1.29 is 29.2 Å². The number of nitrogens with one attached hydrogen (secondary N) is 1. The zero-order valence-electron chi connectivity index (χ0n) is 14.9. The third-order valence-electron chi connectivity index (χ3n) is 4.41. The maximum Gasteiger partial charge on any atom is 0.278 e. The van der Waals surface area contributed by atoms with Gasteiger partial charge in [-0.3, -0.25) is 4.79 Å². The minimum Gasteiger partial charge on any atom is -0.508 e. The molecule has 3 N–H and O–H groups in total. The predicted octanol–water partition coefficient (Wildman–Crippen LogP) is 0.942. The summed E-state index contributed by atoms with van der Waals surface area (Å²) >= 11 is 0. The Hall–Kier alpha value is -2.16. The highest BCUT2D eigenvalue weighted by Gasteiger charge is 2.57. The summed E-state index contributed by atoms with van der Waals surface area (Å²) in [6.07, 6.45) is -1.33. The van der Waals surface area contributed by atoms with Crippen LogP contribution >= 0.6 is 0 Å². The van der Waals surface area contributed by atoms with Crippen LogP contribution in [-0.2, 0) is 19.0 Å². The molecule has 1 aliphatic rings. The molecule has 1 aromatic rings. The Morgan fingerprint density at radius 3 is 2.16 bits per heavy atom. The highest BCUT2D eigenvalue weighted by molar-refractivity contribution is 5.99. The number of nitrogens with zero attached hydrogens (tertiary/aromatic N) is 1. The average Bonchev–Trinajstić information content (AvgIpc) is 2.61. The van der Waals surface area contributed by atoms with Crippen molar-refractivity contribution in [2.24, 2.45) is 10.9 Å². The standard InChI is InChI=1S/C17H24N2O6/c1-10(2)16(24-4)14(22)18-17(25-5,15(19-16)23-3)13(21)11-6-8-12(20)9-7-11/h6-10,13,20-21H,1-5H3,(H,18,22). The lowest BCUT2D eigenvalue weighted by molar-refractivity contribution is -0.168. The number of aliphatic hydroxyl groups excluding tert-OH is 1. The lowest BCUT2D eigenvalue weighted by atomic mass is 9.91. The number of rotatable bonds is 5. The normalized spacial score (nSPS) is 27.6. The van der Waals surface area contributed by atoms with Gasteiger partial charge >= 0.3 is 0 Å². The number of phenolic OH excluding ortho intramolecular Hbond substituents is 1. The summed E-state index contributed by atoms with van der Waals surface area (Å²) in [5.41, 5.74) is -2.80. The van der Waals surface area contributed by atoms with E-state index in [1.165, 1.54) is 45.6 Å². The van der Waals surface area contributed by atoms with Gasteiger partial charge in [-0.2, -0.15) is 0 Å². The Balaban J connectivity index is 2.58. The maximum absolute atomic E-state index is 12.8. The minimum atomic E-state index is -1.72. The first kappa shape index (κ1) is 19.2. The van der Waals surface area contributed by atoms with E-state index in [-0.39, 0.29) is 17.6 Å². The lowest BCUT2D eigenvalue weighted by Crippen LogP contribution is -2.69. The molecule has 8 nitrogen and oxygen atoms in total. The summed E-state index contributed by atoms with van der Waals surface area (Å²) in [6.45, 7) is 3.58. The largest absolute Gasteiger partial charge is 0.508 e. The van der Waals surface area contributed by atoms with Gasteiger partial charge in [-0.15, -0.1) is 0 Å². The van der Waals surface area contributed by atoms with Crippen molar-refractivity contribution in [3.63, 3.8) is 0 Å². The molecule has 25 heavy (non-hydrogen) atoms. The number of aliphatic hydroxyl groups is 1. The first-order valence-electron chi connectivity index (χ1n) is 7.81. The molecule has 0 radical (unpaired) electrons. The van der Waals surface area contributed by atoms with E-state index in [0.717, 1.165) is 0 Å². The molecule has 0 fully saturated rings. The summed E-state index contributed by atoms with van der Waals surface area (Å²) in [5.74, 6) is -0.812. The molecule has 2 rings (SSSR count). The highest BCUT2D eigenvalue weighted by Crippen LogP contribution is 2.37. The molecule has 3 unspecified atom stereocenters. The molecule has 0 spiro atoms. The average molecular weight is 352 g/mol. The van der Waals surface area contributed by atoms with Crippen LogP contribution in [-0.4, -0.2) is 54.8 Å². The van der Waals surface area contributed by atoms with Gasteiger partial charge in [0.2, 0.25) is 17.3 Å². The zero-order valence-corrected chi connectivity index (χ0v) is 14.9. The van der Waals surface area contributed by atoms with E-state index in [1.54, 1.807) is 13.8 Å². The van der Waals surface area contributed by atoms with Crippen LogP contribution in [0.2, 0.25) is 0 Å². The highest BCUT2D eigenvalue weighted by atomic mass is 16.6. The monoisotopic (exact) mass is 352 g/mol. The van der Waals surface area contributed by atoms with Crippen molar-refractivity contribution in [1.82, 2.24) is 5.32 Å². The molecule has 138 valence electrons. The van der Waals surface area contributed by atoms with Crippen molar-refractivity contribution in [3.05, 3.63) is 29.8 Å². The Morgan fingerprint density at radius 2 is 1.72 bits per heavy atom. The topological polar surface area (TPSA) is 110 Å². The van der Waals surface area contributed by atoms with Crippen molar-refractivity contribution >= 4 is 11.8 Å². The van der Waals surface area contributed by atoms with E-state index in [4.69, 9.17) is 14.2 Å². The van der Waals surface area contributed by atoms with Gasteiger partial charge in [0.1, 0.15) is 11.9 Å². The molecule has 3 atom stereocenters. The Morgan fingerprint density at radius 1 is 1.12 bits per heavy atom. The van der Waals surface area contributed by atoms with Gasteiger partial charge in [0.15, 0.2) is 0 Å². The second-order valence-electron chi connectivity index (χ2n) is 6.06. The Kier molecular flexibility index (Phi) is 5.36. The number of aromatic hydroxyl groups is 1. The second kappa shape index (κ2) is 6.99. The van der Waals surface area contributed by atoms with E-state index in [0.29, 0.717) is 5.56 Å². The van der Waals surface area contributed by atoms with Crippen LogP contribution in [0.5, 0.6) is 5.75 Å². The molecule has 0 saturated heterocycles.